The standard InChI is InChI=1S/C42H29BrN2O4S/c1-27-15-23-33(24-16-27)50(47,48)49-37-26-20-29-10-6-8-14-35(29)40(37)41-38(30-17-21-32(43)22-18-30)39-34-13-7-5-9-28(34)19-25-36(39)45(41)44-42(46)31-11-3-2-4-12-31/h2-26H,1H3,(H,44,46). The van der Waals surface area contributed by atoms with Gasteiger partial charge in [-0.2, -0.15) is 8.42 Å². The van der Waals surface area contributed by atoms with Gasteiger partial charge in [0.05, 0.1) is 16.8 Å². The lowest BCUT2D eigenvalue weighted by molar-refractivity contribution is 0.101. The molecule has 50 heavy (non-hydrogen) atoms. The van der Waals surface area contributed by atoms with E-state index in [1.54, 1.807) is 47.1 Å². The van der Waals surface area contributed by atoms with E-state index in [9.17, 15) is 13.2 Å². The Hall–Kier alpha value is -5.70. The lowest BCUT2D eigenvalue weighted by atomic mass is 9.93. The molecule has 7 aromatic carbocycles. The summed E-state index contributed by atoms with van der Waals surface area (Å²) in [7, 11) is -4.26. The second-order valence-corrected chi connectivity index (χ2v) is 14.5. The zero-order chi connectivity index (χ0) is 34.4. The van der Waals surface area contributed by atoms with E-state index in [2.05, 4.69) is 33.5 Å². The van der Waals surface area contributed by atoms with Crippen molar-refractivity contribution in [1.29, 1.82) is 0 Å². The third-order valence-electron chi connectivity index (χ3n) is 8.88. The van der Waals surface area contributed by atoms with Crippen molar-refractivity contribution >= 4 is 64.4 Å². The zero-order valence-electron chi connectivity index (χ0n) is 26.8. The van der Waals surface area contributed by atoms with Gasteiger partial charge in [0.2, 0.25) is 0 Å². The summed E-state index contributed by atoms with van der Waals surface area (Å²) in [6.45, 7) is 1.90. The van der Waals surface area contributed by atoms with Crippen LogP contribution in [0.5, 0.6) is 5.75 Å². The van der Waals surface area contributed by atoms with Crippen LogP contribution in [0.4, 0.5) is 0 Å². The smallest absolute Gasteiger partial charge is 0.339 e. The van der Waals surface area contributed by atoms with Gasteiger partial charge in [0.15, 0.2) is 5.75 Å². The number of nitrogens with zero attached hydrogens (tertiary/aromatic N) is 1. The number of hydrogen-bond acceptors (Lipinski definition) is 4. The molecule has 8 aromatic rings. The van der Waals surface area contributed by atoms with E-state index < -0.39 is 10.1 Å². The number of carbonyl (C=O) groups is 1. The van der Waals surface area contributed by atoms with E-state index in [0.29, 0.717) is 16.8 Å². The molecule has 0 radical (unpaired) electrons. The summed E-state index contributed by atoms with van der Waals surface area (Å²) in [6, 6.07) is 47.0. The van der Waals surface area contributed by atoms with Gasteiger partial charge in [-0.25, -0.2) is 0 Å². The highest BCUT2D eigenvalue weighted by atomic mass is 79.9. The molecule has 0 spiro atoms. The Balaban J connectivity index is 1.51. The Morgan fingerprint density at radius 3 is 2.00 bits per heavy atom. The molecule has 0 aliphatic carbocycles. The molecule has 1 aromatic heterocycles. The maximum atomic E-state index is 14.0. The number of halogens is 1. The summed E-state index contributed by atoms with van der Waals surface area (Å²) >= 11 is 3.59. The molecule has 1 amide bonds. The number of carbonyl (C=O) groups excluding carboxylic acids is 1. The van der Waals surface area contributed by atoms with Gasteiger partial charge in [-0.3, -0.25) is 14.9 Å². The van der Waals surface area contributed by atoms with Gasteiger partial charge < -0.3 is 4.18 Å². The topological polar surface area (TPSA) is 77.4 Å². The van der Waals surface area contributed by atoms with Gasteiger partial charge in [-0.05, 0) is 82.6 Å². The van der Waals surface area contributed by atoms with Gasteiger partial charge in [0.1, 0.15) is 4.90 Å². The van der Waals surface area contributed by atoms with Crippen molar-refractivity contribution in [2.24, 2.45) is 0 Å². The first-order chi connectivity index (χ1) is 24.3. The van der Waals surface area contributed by atoms with Gasteiger partial charge in [0, 0.05) is 21.0 Å². The highest BCUT2D eigenvalue weighted by Gasteiger charge is 2.29. The molecule has 0 saturated carbocycles. The minimum absolute atomic E-state index is 0.0410. The van der Waals surface area contributed by atoms with Crippen LogP contribution in [0.25, 0.3) is 54.8 Å². The van der Waals surface area contributed by atoms with Crippen LogP contribution in [0.3, 0.4) is 0 Å². The van der Waals surface area contributed by atoms with Crippen molar-refractivity contribution < 1.29 is 17.4 Å². The Bertz CT molecular complexity index is 2690. The van der Waals surface area contributed by atoms with Crippen LogP contribution < -0.4 is 9.61 Å². The normalized spacial score (nSPS) is 11.6. The van der Waals surface area contributed by atoms with E-state index in [4.69, 9.17) is 4.18 Å². The molecule has 244 valence electrons. The van der Waals surface area contributed by atoms with E-state index >= 15 is 0 Å². The largest absolute Gasteiger partial charge is 0.378 e. The van der Waals surface area contributed by atoms with Gasteiger partial charge in [-0.1, -0.05) is 125 Å². The van der Waals surface area contributed by atoms with Crippen LogP contribution in [-0.2, 0) is 10.1 Å². The van der Waals surface area contributed by atoms with Crippen LogP contribution in [0.15, 0.2) is 161 Å². The predicted octanol–water partition coefficient (Wildman–Crippen LogP) is 10.5. The monoisotopic (exact) mass is 736 g/mol. The fourth-order valence-corrected chi connectivity index (χ4v) is 7.71. The number of benzene rings is 7. The molecule has 0 unspecified atom stereocenters. The van der Waals surface area contributed by atoms with Crippen LogP contribution >= 0.6 is 15.9 Å². The molecule has 0 bridgehead atoms. The van der Waals surface area contributed by atoms with Crippen LogP contribution in [0.1, 0.15) is 15.9 Å². The molecule has 0 aliphatic rings. The van der Waals surface area contributed by atoms with Crippen LogP contribution in [0, 0.1) is 6.92 Å². The Morgan fingerprint density at radius 1 is 0.660 bits per heavy atom. The lowest BCUT2D eigenvalue weighted by Gasteiger charge is -2.19. The third kappa shape index (κ3) is 5.62. The summed E-state index contributed by atoms with van der Waals surface area (Å²) in [4.78, 5) is 14.1. The first-order valence-corrected chi connectivity index (χ1v) is 18.2. The van der Waals surface area contributed by atoms with Crippen LogP contribution in [0.2, 0.25) is 0 Å². The predicted molar refractivity (Wildman–Crippen MR) is 205 cm³/mol. The van der Waals surface area contributed by atoms with E-state index in [1.807, 2.05) is 104 Å². The quantitative estimate of drug-likeness (QED) is 0.165. The molecule has 0 saturated heterocycles. The van der Waals surface area contributed by atoms with Gasteiger partial charge >= 0.3 is 10.1 Å². The Morgan fingerprint density at radius 2 is 1.28 bits per heavy atom. The van der Waals surface area contributed by atoms with Gasteiger partial charge in [0.25, 0.3) is 5.91 Å². The second-order valence-electron chi connectivity index (χ2n) is 12.1. The fourth-order valence-electron chi connectivity index (χ4n) is 6.50. The molecule has 0 fully saturated rings. The Kier molecular flexibility index (Phi) is 7.98. The fraction of sp³-hybridized carbons (Fsp3) is 0.0238. The summed E-state index contributed by atoms with van der Waals surface area (Å²) in [5.41, 5.74) is 8.11. The first-order valence-electron chi connectivity index (χ1n) is 16.0. The van der Waals surface area contributed by atoms with Crippen molar-refractivity contribution in [1.82, 2.24) is 4.68 Å². The maximum Gasteiger partial charge on any atom is 0.339 e. The average molecular weight is 738 g/mol. The number of amides is 1. The molecule has 6 nitrogen and oxygen atoms in total. The van der Waals surface area contributed by atoms with E-state index in [-0.39, 0.29) is 16.6 Å². The second kappa shape index (κ2) is 12.6. The minimum Gasteiger partial charge on any atom is -0.378 e. The van der Waals surface area contributed by atoms with E-state index in [1.165, 1.54) is 0 Å². The average Bonchev–Trinajstić information content (AvgIpc) is 3.45. The molecule has 0 atom stereocenters. The molecule has 8 rings (SSSR count). The molecular formula is C42H29BrN2O4S. The van der Waals surface area contributed by atoms with Gasteiger partial charge in [-0.15, -0.1) is 0 Å². The highest BCUT2D eigenvalue weighted by molar-refractivity contribution is 9.10. The summed E-state index contributed by atoms with van der Waals surface area (Å²) in [5, 5.41) is 4.53. The SMILES string of the molecule is Cc1ccc(S(=O)(=O)Oc2ccc3ccccc3c2-c2c(-c3ccc(Br)cc3)c3c4ccccc4ccc3n2NC(=O)c2ccccc2)cc1. The molecular weight excluding hydrogens is 708 g/mol. The molecule has 8 heteroatoms. The summed E-state index contributed by atoms with van der Waals surface area (Å²) < 4.78 is 36.6. The number of aryl methyl sites for hydroxylation is 1. The Labute approximate surface area is 297 Å². The number of fused-ring (bicyclic) bond motifs is 4. The van der Waals surface area contributed by atoms with Crippen molar-refractivity contribution in [2.45, 2.75) is 11.8 Å². The lowest BCUT2D eigenvalue weighted by Crippen LogP contribution is -2.23. The first kappa shape index (κ1) is 31.6. The summed E-state index contributed by atoms with van der Waals surface area (Å²) in [6.07, 6.45) is 0. The van der Waals surface area contributed by atoms with E-state index in [0.717, 1.165) is 53.6 Å². The molecule has 0 aliphatic heterocycles. The molecule has 1 N–H and O–H groups in total. The number of rotatable bonds is 7. The van der Waals surface area contributed by atoms with Crippen molar-refractivity contribution in [3.8, 4) is 28.1 Å². The molecule has 1 heterocycles. The highest BCUT2D eigenvalue weighted by Crippen LogP contribution is 2.48. The third-order valence-corrected chi connectivity index (χ3v) is 10.7. The van der Waals surface area contributed by atoms with Crippen molar-refractivity contribution in [3.05, 3.63) is 167 Å². The maximum absolute atomic E-state index is 14.0. The van der Waals surface area contributed by atoms with Crippen molar-refractivity contribution in [2.75, 3.05) is 5.43 Å². The van der Waals surface area contributed by atoms with Crippen LogP contribution in [-0.4, -0.2) is 19.0 Å². The zero-order valence-corrected chi connectivity index (χ0v) is 29.2. The van der Waals surface area contributed by atoms with Crippen molar-refractivity contribution in [3.63, 3.8) is 0 Å². The number of nitrogens with one attached hydrogen (secondary N) is 1. The minimum atomic E-state index is -4.26. The number of aromatic nitrogens is 1. The summed E-state index contributed by atoms with van der Waals surface area (Å²) in [5.74, 6) is -0.195. The number of hydrogen-bond donors (Lipinski definition) is 1.